The lowest BCUT2D eigenvalue weighted by Crippen LogP contribution is -2.33. The second kappa shape index (κ2) is 8.60. The van der Waals surface area contributed by atoms with E-state index in [1.807, 2.05) is 13.8 Å². The number of rotatable bonds is 8. The fourth-order valence-electron chi connectivity index (χ4n) is 2.37. The Balaban J connectivity index is 2.35. The monoisotopic (exact) mass is 399 g/mol. The number of furan rings is 1. The van der Waals surface area contributed by atoms with E-state index in [1.165, 1.54) is 19.3 Å². The molecule has 8 heteroatoms. The molecule has 26 heavy (non-hydrogen) atoms. The SMILES string of the molecule is CCS(=O)(=O)Oc1ccc(Cl)cc1CN(CC(C)C)C(=O)c1ccco1. The van der Waals surface area contributed by atoms with Gasteiger partial charge in [0.15, 0.2) is 5.76 Å². The molecular formula is C18H22ClNO5S. The van der Waals surface area contributed by atoms with Crippen LogP contribution >= 0.6 is 11.6 Å². The maximum atomic E-state index is 12.7. The summed E-state index contributed by atoms with van der Waals surface area (Å²) in [7, 11) is -3.70. The molecule has 2 aromatic rings. The Hall–Kier alpha value is -1.99. The van der Waals surface area contributed by atoms with Crippen molar-refractivity contribution in [1.82, 2.24) is 4.90 Å². The third-order valence-electron chi connectivity index (χ3n) is 3.56. The molecule has 142 valence electrons. The maximum absolute atomic E-state index is 12.7. The highest BCUT2D eigenvalue weighted by Gasteiger charge is 2.22. The Morgan fingerprint density at radius 1 is 1.31 bits per heavy atom. The Bertz CT molecular complexity index is 846. The van der Waals surface area contributed by atoms with Crippen LogP contribution in [0.4, 0.5) is 0 Å². The number of nitrogens with zero attached hydrogens (tertiary/aromatic N) is 1. The van der Waals surface area contributed by atoms with Crippen LogP contribution in [0.15, 0.2) is 41.0 Å². The molecule has 0 radical (unpaired) electrons. The highest BCUT2D eigenvalue weighted by atomic mass is 35.5. The van der Waals surface area contributed by atoms with E-state index in [9.17, 15) is 13.2 Å². The van der Waals surface area contributed by atoms with Crippen molar-refractivity contribution < 1.29 is 21.8 Å². The summed E-state index contributed by atoms with van der Waals surface area (Å²) >= 11 is 6.06. The van der Waals surface area contributed by atoms with Crippen LogP contribution in [0.3, 0.4) is 0 Å². The second-order valence-electron chi connectivity index (χ2n) is 6.24. The zero-order chi connectivity index (χ0) is 19.3. The Labute approximate surface area is 158 Å². The van der Waals surface area contributed by atoms with Gasteiger partial charge in [-0.3, -0.25) is 4.79 Å². The minimum atomic E-state index is -3.70. The smallest absolute Gasteiger partial charge is 0.308 e. The Morgan fingerprint density at radius 2 is 2.04 bits per heavy atom. The highest BCUT2D eigenvalue weighted by Crippen LogP contribution is 2.27. The van der Waals surface area contributed by atoms with Crippen molar-refractivity contribution in [1.29, 1.82) is 0 Å². The summed E-state index contributed by atoms with van der Waals surface area (Å²) < 4.78 is 34.0. The summed E-state index contributed by atoms with van der Waals surface area (Å²) in [5.74, 6) is 0.147. The van der Waals surface area contributed by atoms with Gasteiger partial charge in [-0.05, 0) is 43.2 Å². The molecule has 6 nitrogen and oxygen atoms in total. The number of hydrogen-bond donors (Lipinski definition) is 0. The van der Waals surface area contributed by atoms with Gasteiger partial charge >= 0.3 is 10.1 Å². The van der Waals surface area contributed by atoms with Crippen molar-refractivity contribution >= 4 is 27.6 Å². The summed E-state index contributed by atoms with van der Waals surface area (Å²) in [6.07, 6.45) is 1.43. The van der Waals surface area contributed by atoms with E-state index in [0.717, 1.165) is 0 Å². The van der Waals surface area contributed by atoms with Gasteiger partial charge in [0, 0.05) is 23.7 Å². The molecule has 0 aliphatic carbocycles. The third-order valence-corrected chi connectivity index (χ3v) is 4.93. The molecule has 0 fully saturated rings. The van der Waals surface area contributed by atoms with Crippen LogP contribution in [0.2, 0.25) is 5.02 Å². The van der Waals surface area contributed by atoms with Crippen LogP contribution in [0.5, 0.6) is 5.75 Å². The number of carbonyl (C=O) groups excluding carboxylic acids is 1. The van der Waals surface area contributed by atoms with Gasteiger partial charge in [0.05, 0.1) is 12.0 Å². The Morgan fingerprint density at radius 3 is 2.62 bits per heavy atom. The zero-order valence-corrected chi connectivity index (χ0v) is 16.5. The fourth-order valence-corrected chi connectivity index (χ4v) is 3.12. The van der Waals surface area contributed by atoms with Crippen molar-refractivity contribution in [3.8, 4) is 5.75 Å². The van der Waals surface area contributed by atoms with E-state index in [0.29, 0.717) is 17.1 Å². The molecule has 0 bridgehead atoms. The molecule has 1 heterocycles. The largest absolute Gasteiger partial charge is 0.459 e. The molecule has 1 aromatic heterocycles. The first kappa shape index (κ1) is 20.3. The first-order valence-electron chi connectivity index (χ1n) is 8.25. The van der Waals surface area contributed by atoms with Crippen LogP contribution in [0.1, 0.15) is 36.9 Å². The molecule has 1 aromatic carbocycles. The van der Waals surface area contributed by atoms with Crippen LogP contribution < -0.4 is 4.18 Å². The first-order chi connectivity index (χ1) is 12.2. The standard InChI is InChI=1S/C18H22ClNO5S/c1-4-26(22,23)25-16-8-7-15(19)10-14(16)12-20(11-13(2)3)18(21)17-6-5-9-24-17/h5-10,13H,4,11-12H2,1-3H3. The average Bonchev–Trinajstić information content (AvgIpc) is 3.10. The van der Waals surface area contributed by atoms with Gasteiger partial charge in [0.2, 0.25) is 0 Å². The predicted molar refractivity (Wildman–Crippen MR) is 99.8 cm³/mol. The average molecular weight is 400 g/mol. The van der Waals surface area contributed by atoms with E-state index in [4.69, 9.17) is 20.2 Å². The second-order valence-corrected chi connectivity index (χ2v) is 8.53. The molecule has 0 aliphatic rings. The summed E-state index contributed by atoms with van der Waals surface area (Å²) in [6, 6.07) is 7.88. The van der Waals surface area contributed by atoms with Gasteiger partial charge in [-0.25, -0.2) is 0 Å². The summed E-state index contributed by atoms with van der Waals surface area (Å²) in [6.45, 7) is 6.08. The van der Waals surface area contributed by atoms with Crippen molar-refractivity contribution in [3.63, 3.8) is 0 Å². The van der Waals surface area contributed by atoms with Gasteiger partial charge < -0.3 is 13.5 Å². The van der Waals surface area contributed by atoms with Crippen LogP contribution in [0.25, 0.3) is 0 Å². The van der Waals surface area contributed by atoms with E-state index < -0.39 is 10.1 Å². The molecule has 2 rings (SSSR count). The van der Waals surface area contributed by atoms with Crippen molar-refractivity contribution in [2.24, 2.45) is 5.92 Å². The maximum Gasteiger partial charge on any atom is 0.308 e. The molecule has 0 spiro atoms. The number of carbonyl (C=O) groups is 1. The van der Waals surface area contributed by atoms with E-state index in [1.54, 1.807) is 29.2 Å². The summed E-state index contributed by atoms with van der Waals surface area (Å²) in [4.78, 5) is 14.3. The van der Waals surface area contributed by atoms with E-state index in [2.05, 4.69) is 0 Å². The topological polar surface area (TPSA) is 76.8 Å². The molecule has 0 unspecified atom stereocenters. The number of amides is 1. The zero-order valence-electron chi connectivity index (χ0n) is 14.9. The molecule has 0 N–H and O–H groups in total. The van der Waals surface area contributed by atoms with Gasteiger partial charge in [-0.2, -0.15) is 8.42 Å². The summed E-state index contributed by atoms with van der Waals surface area (Å²) in [5.41, 5.74) is 0.509. The normalized spacial score (nSPS) is 11.6. The van der Waals surface area contributed by atoms with E-state index >= 15 is 0 Å². The van der Waals surface area contributed by atoms with Crippen LogP contribution in [-0.2, 0) is 16.7 Å². The number of hydrogen-bond acceptors (Lipinski definition) is 5. The highest BCUT2D eigenvalue weighted by molar-refractivity contribution is 7.87. The van der Waals surface area contributed by atoms with Gasteiger partial charge in [-0.15, -0.1) is 0 Å². The molecular weight excluding hydrogens is 378 g/mol. The summed E-state index contributed by atoms with van der Waals surface area (Å²) in [5, 5.41) is 0.427. The van der Waals surface area contributed by atoms with Crippen LogP contribution in [-0.4, -0.2) is 31.5 Å². The van der Waals surface area contributed by atoms with Crippen molar-refractivity contribution in [3.05, 3.63) is 52.9 Å². The lowest BCUT2D eigenvalue weighted by Gasteiger charge is -2.25. The molecule has 0 saturated carbocycles. The van der Waals surface area contributed by atoms with Crippen molar-refractivity contribution in [2.45, 2.75) is 27.3 Å². The molecule has 1 amide bonds. The number of benzene rings is 1. The van der Waals surface area contributed by atoms with Crippen molar-refractivity contribution in [2.75, 3.05) is 12.3 Å². The first-order valence-corrected chi connectivity index (χ1v) is 10.2. The minimum absolute atomic E-state index is 0.146. The number of halogens is 1. The molecule has 0 atom stereocenters. The Kier molecular flexibility index (Phi) is 6.72. The fraction of sp³-hybridized carbons (Fsp3) is 0.389. The van der Waals surface area contributed by atoms with E-state index in [-0.39, 0.29) is 35.6 Å². The van der Waals surface area contributed by atoms with Gasteiger partial charge in [0.25, 0.3) is 5.91 Å². The van der Waals surface area contributed by atoms with Gasteiger partial charge in [-0.1, -0.05) is 25.4 Å². The lowest BCUT2D eigenvalue weighted by atomic mass is 10.1. The molecule has 0 saturated heterocycles. The van der Waals surface area contributed by atoms with Gasteiger partial charge in [0.1, 0.15) is 5.75 Å². The quantitative estimate of drug-likeness (QED) is 0.628. The lowest BCUT2D eigenvalue weighted by molar-refractivity contribution is 0.0689. The minimum Gasteiger partial charge on any atom is -0.459 e. The van der Waals surface area contributed by atoms with Crippen LogP contribution in [0, 0.1) is 5.92 Å². The molecule has 0 aliphatic heterocycles. The predicted octanol–water partition coefficient (Wildman–Crippen LogP) is 3.96. The third kappa shape index (κ3) is 5.51.